The van der Waals surface area contributed by atoms with Crippen molar-refractivity contribution in [2.75, 3.05) is 0 Å². The van der Waals surface area contributed by atoms with Crippen LogP contribution in [0.3, 0.4) is 0 Å². The molecule has 0 fully saturated rings. The number of aromatic nitrogens is 1. The Kier molecular flexibility index (Phi) is 4.04. The van der Waals surface area contributed by atoms with Gasteiger partial charge in [0.15, 0.2) is 0 Å². The van der Waals surface area contributed by atoms with Gasteiger partial charge in [-0.05, 0) is 24.3 Å². The minimum atomic E-state index is 0.0384. The Hall–Kier alpha value is -2.44. The van der Waals surface area contributed by atoms with E-state index in [4.69, 9.17) is 23.1 Å². The summed E-state index contributed by atoms with van der Waals surface area (Å²) in [6.45, 7) is 0. The van der Waals surface area contributed by atoms with Gasteiger partial charge in [0.05, 0.1) is 15.2 Å². The van der Waals surface area contributed by atoms with E-state index >= 15 is 0 Å². The highest BCUT2D eigenvalue weighted by molar-refractivity contribution is 7.22. The highest BCUT2D eigenvalue weighted by atomic mass is 35.5. The minimum absolute atomic E-state index is 0.0384. The van der Waals surface area contributed by atoms with Gasteiger partial charge in [0.2, 0.25) is 11.1 Å². The second-order valence-corrected chi connectivity index (χ2v) is 5.83. The number of benzene rings is 2. The van der Waals surface area contributed by atoms with Crippen LogP contribution in [0.4, 0.5) is 5.13 Å². The summed E-state index contributed by atoms with van der Waals surface area (Å²) in [4.78, 5) is 12.6. The van der Waals surface area contributed by atoms with Crippen LogP contribution in [0.1, 0.15) is 5.56 Å². The van der Waals surface area contributed by atoms with Crippen LogP contribution in [0, 0.1) is 0 Å². The molecule has 0 bridgehead atoms. The molecular formula is C15H12ClN5S. The maximum absolute atomic E-state index is 6.06. The number of fused-ring (bicyclic) bond motifs is 1. The SMILES string of the molecule is N/C(=N\C(N)=N\c1nc2ccccc2s1)c1ccccc1Cl. The number of halogens is 1. The molecule has 1 aromatic heterocycles. The van der Waals surface area contributed by atoms with Gasteiger partial charge in [-0.25, -0.2) is 4.98 Å². The topological polar surface area (TPSA) is 89.6 Å². The first-order chi connectivity index (χ1) is 10.6. The fraction of sp³-hybridized carbons (Fsp3) is 0. The number of amidine groups is 1. The zero-order valence-electron chi connectivity index (χ0n) is 11.4. The monoisotopic (exact) mass is 329 g/mol. The quantitative estimate of drug-likeness (QED) is 0.558. The van der Waals surface area contributed by atoms with E-state index < -0.39 is 0 Å². The molecule has 4 N–H and O–H groups in total. The first-order valence-corrected chi connectivity index (χ1v) is 7.62. The lowest BCUT2D eigenvalue weighted by atomic mass is 10.2. The predicted octanol–water partition coefficient (Wildman–Crippen LogP) is 3.30. The number of nitrogens with zero attached hydrogens (tertiary/aromatic N) is 3. The van der Waals surface area contributed by atoms with Crippen molar-refractivity contribution in [1.29, 1.82) is 0 Å². The summed E-state index contributed by atoms with van der Waals surface area (Å²) in [5.74, 6) is 0.254. The Bertz CT molecular complexity index is 851. The zero-order chi connectivity index (χ0) is 15.5. The second kappa shape index (κ2) is 6.13. The third-order valence-corrected chi connectivity index (χ3v) is 4.14. The number of hydrogen-bond acceptors (Lipinski definition) is 3. The van der Waals surface area contributed by atoms with Crippen LogP contribution in [0.25, 0.3) is 10.2 Å². The van der Waals surface area contributed by atoms with Gasteiger partial charge in [0.1, 0.15) is 5.84 Å². The number of aliphatic imine (C=N–C) groups is 2. The van der Waals surface area contributed by atoms with E-state index in [1.807, 2.05) is 36.4 Å². The minimum Gasteiger partial charge on any atom is -0.383 e. The van der Waals surface area contributed by atoms with Crippen molar-refractivity contribution in [3.63, 3.8) is 0 Å². The van der Waals surface area contributed by atoms with E-state index in [0.29, 0.717) is 15.7 Å². The molecule has 0 unspecified atom stereocenters. The van der Waals surface area contributed by atoms with Crippen LogP contribution >= 0.6 is 22.9 Å². The normalized spacial score (nSPS) is 12.8. The van der Waals surface area contributed by atoms with Crippen molar-refractivity contribution in [3.8, 4) is 0 Å². The first kappa shape index (κ1) is 14.5. The van der Waals surface area contributed by atoms with Crippen molar-refractivity contribution in [2.24, 2.45) is 21.5 Å². The molecule has 7 heteroatoms. The number of guanidine groups is 1. The number of para-hydroxylation sites is 1. The van der Waals surface area contributed by atoms with Gasteiger partial charge >= 0.3 is 0 Å². The fourth-order valence-corrected chi connectivity index (χ4v) is 2.96. The van der Waals surface area contributed by atoms with E-state index in [9.17, 15) is 0 Å². The van der Waals surface area contributed by atoms with Crippen molar-refractivity contribution < 1.29 is 0 Å². The maximum Gasteiger partial charge on any atom is 0.224 e. The predicted molar refractivity (Wildman–Crippen MR) is 93.1 cm³/mol. The molecule has 0 amide bonds. The summed E-state index contributed by atoms with van der Waals surface area (Å²) in [5.41, 5.74) is 13.2. The summed E-state index contributed by atoms with van der Waals surface area (Å²) < 4.78 is 1.04. The molecule has 0 radical (unpaired) electrons. The molecule has 1 heterocycles. The molecule has 0 aliphatic rings. The zero-order valence-corrected chi connectivity index (χ0v) is 13.0. The standard InChI is InChI=1S/C15H12ClN5S/c16-10-6-2-1-5-9(10)13(17)20-14(18)21-15-19-11-7-3-4-8-12(11)22-15/h1-8H,(H4,17,18,19,20,21). The summed E-state index contributed by atoms with van der Waals surface area (Å²) in [6.07, 6.45) is 0. The molecule has 2 aromatic carbocycles. The molecule has 3 aromatic rings. The van der Waals surface area contributed by atoms with Crippen molar-refractivity contribution >= 4 is 50.1 Å². The third-order valence-electron chi connectivity index (χ3n) is 2.88. The smallest absolute Gasteiger partial charge is 0.224 e. The van der Waals surface area contributed by atoms with Crippen molar-refractivity contribution in [2.45, 2.75) is 0 Å². The lowest BCUT2D eigenvalue weighted by Crippen LogP contribution is -2.19. The fourth-order valence-electron chi connectivity index (χ4n) is 1.88. The Balaban J connectivity index is 1.91. The number of hydrogen-bond donors (Lipinski definition) is 2. The molecule has 0 saturated heterocycles. The van der Waals surface area contributed by atoms with Crippen LogP contribution < -0.4 is 11.5 Å². The molecule has 3 rings (SSSR count). The molecule has 0 spiro atoms. The Morgan fingerprint density at radius 3 is 2.55 bits per heavy atom. The first-order valence-electron chi connectivity index (χ1n) is 6.42. The molecule has 22 heavy (non-hydrogen) atoms. The average molecular weight is 330 g/mol. The molecule has 110 valence electrons. The van der Waals surface area contributed by atoms with Gasteiger partial charge < -0.3 is 11.5 Å². The average Bonchev–Trinajstić information content (AvgIpc) is 2.89. The Morgan fingerprint density at radius 2 is 1.77 bits per heavy atom. The van der Waals surface area contributed by atoms with Crippen LogP contribution in [0.15, 0.2) is 58.5 Å². The molecular weight excluding hydrogens is 318 g/mol. The second-order valence-electron chi connectivity index (χ2n) is 4.41. The van der Waals surface area contributed by atoms with Gasteiger partial charge in [-0.2, -0.15) is 9.98 Å². The number of nitrogens with two attached hydrogens (primary N) is 2. The lowest BCUT2D eigenvalue weighted by molar-refractivity contribution is 1.35. The summed E-state index contributed by atoms with van der Waals surface area (Å²) in [7, 11) is 0. The van der Waals surface area contributed by atoms with E-state index in [1.165, 1.54) is 11.3 Å². The van der Waals surface area contributed by atoms with Gasteiger partial charge in [-0.15, -0.1) is 0 Å². The van der Waals surface area contributed by atoms with Crippen molar-refractivity contribution in [3.05, 3.63) is 59.1 Å². The van der Waals surface area contributed by atoms with E-state index in [-0.39, 0.29) is 11.8 Å². The third kappa shape index (κ3) is 3.08. The number of rotatable bonds is 2. The molecule has 0 saturated carbocycles. The van der Waals surface area contributed by atoms with Crippen LogP contribution in [-0.2, 0) is 0 Å². The van der Waals surface area contributed by atoms with Crippen LogP contribution in [0.5, 0.6) is 0 Å². The van der Waals surface area contributed by atoms with Gasteiger partial charge in [-0.3, -0.25) is 0 Å². The highest BCUT2D eigenvalue weighted by Crippen LogP contribution is 2.27. The Morgan fingerprint density at radius 1 is 1.05 bits per heavy atom. The van der Waals surface area contributed by atoms with E-state index in [0.717, 1.165) is 10.2 Å². The molecule has 0 atom stereocenters. The summed E-state index contributed by atoms with van der Waals surface area (Å²) in [6, 6.07) is 14.9. The van der Waals surface area contributed by atoms with Crippen LogP contribution in [-0.4, -0.2) is 16.8 Å². The van der Waals surface area contributed by atoms with Gasteiger partial charge in [-0.1, -0.05) is 47.2 Å². The maximum atomic E-state index is 6.06. The molecule has 5 nitrogen and oxygen atoms in total. The lowest BCUT2D eigenvalue weighted by Gasteiger charge is -2.02. The van der Waals surface area contributed by atoms with Crippen molar-refractivity contribution in [1.82, 2.24) is 4.98 Å². The largest absolute Gasteiger partial charge is 0.383 e. The number of thiazole rings is 1. The van der Waals surface area contributed by atoms with Crippen LogP contribution in [0.2, 0.25) is 5.02 Å². The summed E-state index contributed by atoms with van der Waals surface area (Å²) in [5, 5.41) is 1.05. The highest BCUT2D eigenvalue weighted by Gasteiger charge is 2.05. The molecule has 0 aliphatic carbocycles. The van der Waals surface area contributed by atoms with E-state index in [2.05, 4.69) is 15.0 Å². The van der Waals surface area contributed by atoms with Gasteiger partial charge in [0, 0.05) is 5.56 Å². The molecule has 0 aliphatic heterocycles. The van der Waals surface area contributed by atoms with Gasteiger partial charge in [0.25, 0.3) is 0 Å². The summed E-state index contributed by atoms with van der Waals surface area (Å²) >= 11 is 7.50. The Labute approximate surface area is 136 Å². The van der Waals surface area contributed by atoms with E-state index in [1.54, 1.807) is 12.1 Å².